The average molecular weight is 421 g/mol. The van der Waals surface area contributed by atoms with Gasteiger partial charge in [-0.05, 0) is 68.5 Å². The fraction of sp³-hybridized carbons (Fsp3) is 0.400. The van der Waals surface area contributed by atoms with Crippen LogP contribution in [0, 0.1) is 6.92 Å². The lowest BCUT2D eigenvalue weighted by molar-refractivity contribution is 0.477. The topological polar surface area (TPSA) is 74.8 Å². The molecular formula is C20H24N2O4S2. The first-order valence-corrected chi connectivity index (χ1v) is 12.4. The number of anilines is 1. The highest BCUT2D eigenvalue weighted by molar-refractivity contribution is 7.92. The molecule has 1 fully saturated rings. The first-order chi connectivity index (χ1) is 13.3. The highest BCUT2D eigenvalue weighted by atomic mass is 32.2. The van der Waals surface area contributed by atoms with E-state index < -0.39 is 20.0 Å². The maximum atomic E-state index is 13.2. The van der Waals surface area contributed by atoms with Gasteiger partial charge in [-0.3, -0.25) is 4.31 Å². The maximum Gasteiger partial charge on any atom is 0.264 e. The molecule has 2 aromatic rings. The molecule has 6 nitrogen and oxygen atoms in total. The SMILES string of the molecule is Cc1ccc(S(=O)(=O)N2CCCc3cc(S(=O)(=O)N4CCCC4)ccc32)cc1. The summed E-state index contributed by atoms with van der Waals surface area (Å²) in [5, 5.41) is 0. The van der Waals surface area contributed by atoms with E-state index in [0.29, 0.717) is 38.2 Å². The van der Waals surface area contributed by atoms with Crippen LogP contribution in [0.1, 0.15) is 30.4 Å². The average Bonchev–Trinajstić information content (AvgIpc) is 3.23. The van der Waals surface area contributed by atoms with Crippen LogP contribution >= 0.6 is 0 Å². The van der Waals surface area contributed by atoms with Gasteiger partial charge < -0.3 is 0 Å². The van der Waals surface area contributed by atoms with E-state index in [1.807, 2.05) is 6.92 Å². The monoisotopic (exact) mass is 420 g/mol. The zero-order valence-electron chi connectivity index (χ0n) is 15.8. The van der Waals surface area contributed by atoms with E-state index in [4.69, 9.17) is 0 Å². The number of benzene rings is 2. The van der Waals surface area contributed by atoms with E-state index in [-0.39, 0.29) is 9.79 Å². The Morgan fingerprint density at radius 3 is 2.07 bits per heavy atom. The van der Waals surface area contributed by atoms with Gasteiger partial charge in [-0.1, -0.05) is 17.7 Å². The second-order valence-corrected chi connectivity index (χ2v) is 11.2. The Labute approximate surface area is 166 Å². The molecule has 0 N–H and O–H groups in total. The Morgan fingerprint density at radius 1 is 0.750 bits per heavy atom. The number of rotatable bonds is 4. The number of nitrogens with zero attached hydrogens (tertiary/aromatic N) is 2. The minimum Gasteiger partial charge on any atom is -0.266 e. The molecular weight excluding hydrogens is 396 g/mol. The molecule has 0 atom stereocenters. The summed E-state index contributed by atoms with van der Waals surface area (Å²) in [6.07, 6.45) is 3.09. The van der Waals surface area contributed by atoms with Gasteiger partial charge in [-0.25, -0.2) is 16.8 Å². The molecule has 4 rings (SSSR count). The minimum absolute atomic E-state index is 0.250. The van der Waals surface area contributed by atoms with Crippen molar-refractivity contribution in [3.05, 3.63) is 53.6 Å². The molecule has 2 heterocycles. The quantitative estimate of drug-likeness (QED) is 0.762. The molecule has 0 aromatic heterocycles. The lowest BCUT2D eigenvalue weighted by Crippen LogP contribution is -2.35. The normalized spacial score (nSPS) is 18.2. The van der Waals surface area contributed by atoms with Crippen LogP contribution in [0.4, 0.5) is 5.69 Å². The van der Waals surface area contributed by atoms with Crippen LogP contribution in [-0.2, 0) is 26.5 Å². The summed E-state index contributed by atoms with van der Waals surface area (Å²) in [5.74, 6) is 0. The molecule has 0 saturated carbocycles. The smallest absolute Gasteiger partial charge is 0.264 e. The van der Waals surface area contributed by atoms with Gasteiger partial charge in [0.15, 0.2) is 0 Å². The Morgan fingerprint density at radius 2 is 1.39 bits per heavy atom. The lowest BCUT2D eigenvalue weighted by atomic mass is 10.0. The number of hydrogen-bond acceptors (Lipinski definition) is 4. The number of sulfonamides is 2. The second kappa shape index (κ2) is 7.17. The Bertz CT molecular complexity index is 1090. The summed E-state index contributed by atoms with van der Waals surface area (Å²) in [4.78, 5) is 0.502. The predicted molar refractivity (Wildman–Crippen MR) is 108 cm³/mol. The second-order valence-electron chi connectivity index (χ2n) is 7.40. The van der Waals surface area contributed by atoms with Crippen LogP contribution < -0.4 is 4.31 Å². The van der Waals surface area contributed by atoms with Crippen LogP contribution in [-0.4, -0.2) is 40.8 Å². The zero-order valence-corrected chi connectivity index (χ0v) is 17.5. The molecule has 150 valence electrons. The minimum atomic E-state index is -3.68. The van der Waals surface area contributed by atoms with Crippen LogP contribution in [0.25, 0.3) is 0 Å². The van der Waals surface area contributed by atoms with Crippen molar-refractivity contribution < 1.29 is 16.8 Å². The molecule has 0 spiro atoms. The maximum absolute atomic E-state index is 13.2. The molecule has 28 heavy (non-hydrogen) atoms. The van der Waals surface area contributed by atoms with Crippen molar-refractivity contribution in [1.82, 2.24) is 4.31 Å². The summed E-state index contributed by atoms with van der Waals surface area (Å²) in [5.41, 5.74) is 2.34. The van der Waals surface area contributed by atoms with Gasteiger partial charge in [0.1, 0.15) is 0 Å². The van der Waals surface area contributed by atoms with E-state index in [1.54, 1.807) is 36.4 Å². The number of aryl methyl sites for hydroxylation is 2. The summed E-state index contributed by atoms with van der Waals surface area (Å²) in [7, 11) is -7.20. The first-order valence-electron chi connectivity index (χ1n) is 9.53. The highest BCUT2D eigenvalue weighted by Crippen LogP contribution is 2.34. The molecule has 8 heteroatoms. The van der Waals surface area contributed by atoms with Gasteiger partial charge in [0.25, 0.3) is 10.0 Å². The zero-order chi connectivity index (χ0) is 19.9. The highest BCUT2D eigenvalue weighted by Gasteiger charge is 2.32. The van der Waals surface area contributed by atoms with Crippen molar-refractivity contribution in [3.8, 4) is 0 Å². The lowest BCUT2D eigenvalue weighted by Gasteiger charge is -2.31. The van der Waals surface area contributed by atoms with Gasteiger partial charge >= 0.3 is 0 Å². The van der Waals surface area contributed by atoms with Crippen molar-refractivity contribution in [2.75, 3.05) is 23.9 Å². The van der Waals surface area contributed by atoms with Gasteiger partial charge in [-0.15, -0.1) is 0 Å². The van der Waals surface area contributed by atoms with Crippen LogP contribution in [0.5, 0.6) is 0 Å². The largest absolute Gasteiger partial charge is 0.266 e. The Kier molecular flexibility index (Phi) is 4.97. The third-order valence-electron chi connectivity index (χ3n) is 5.44. The molecule has 0 unspecified atom stereocenters. The molecule has 2 aliphatic rings. The molecule has 1 saturated heterocycles. The summed E-state index contributed by atoms with van der Waals surface area (Å²) in [6, 6.07) is 11.6. The summed E-state index contributed by atoms with van der Waals surface area (Å²) < 4.78 is 54.9. The van der Waals surface area contributed by atoms with Gasteiger partial charge in [0, 0.05) is 19.6 Å². The summed E-state index contributed by atoms with van der Waals surface area (Å²) >= 11 is 0. The van der Waals surface area contributed by atoms with Gasteiger partial charge in [-0.2, -0.15) is 4.31 Å². The van der Waals surface area contributed by atoms with Gasteiger partial charge in [0.2, 0.25) is 10.0 Å². The summed E-state index contributed by atoms with van der Waals surface area (Å²) in [6.45, 7) is 3.40. The molecule has 2 aliphatic heterocycles. The molecule has 0 aliphatic carbocycles. The fourth-order valence-corrected chi connectivity index (χ4v) is 6.97. The van der Waals surface area contributed by atoms with E-state index in [0.717, 1.165) is 24.0 Å². The van der Waals surface area contributed by atoms with E-state index >= 15 is 0 Å². The fourth-order valence-electron chi connectivity index (χ4n) is 3.86. The van der Waals surface area contributed by atoms with Crippen molar-refractivity contribution >= 4 is 25.7 Å². The van der Waals surface area contributed by atoms with E-state index in [2.05, 4.69) is 0 Å². The standard InChI is InChI=1S/C20H24N2O4S2/c1-16-6-8-18(9-7-16)28(25,26)22-14-4-5-17-15-19(10-11-20(17)22)27(23,24)21-12-2-3-13-21/h6-11,15H,2-5,12-14H2,1H3. The molecule has 0 radical (unpaired) electrons. The van der Waals surface area contributed by atoms with E-state index in [9.17, 15) is 16.8 Å². The van der Waals surface area contributed by atoms with Gasteiger partial charge in [0.05, 0.1) is 15.5 Å². The third-order valence-corrected chi connectivity index (χ3v) is 9.16. The van der Waals surface area contributed by atoms with Crippen molar-refractivity contribution in [3.63, 3.8) is 0 Å². The van der Waals surface area contributed by atoms with Crippen LogP contribution in [0.2, 0.25) is 0 Å². The Hall–Kier alpha value is -1.90. The number of hydrogen-bond donors (Lipinski definition) is 0. The Balaban J connectivity index is 1.72. The predicted octanol–water partition coefficient (Wildman–Crippen LogP) is 2.92. The first kappa shape index (κ1) is 19.4. The van der Waals surface area contributed by atoms with E-state index in [1.165, 1.54) is 14.7 Å². The van der Waals surface area contributed by atoms with Crippen LogP contribution in [0.3, 0.4) is 0 Å². The van der Waals surface area contributed by atoms with Crippen molar-refractivity contribution in [1.29, 1.82) is 0 Å². The van der Waals surface area contributed by atoms with Crippen molar-refractivity contribution in [2.24, 2.45) is 0 Å². The number of fused-ring (bicyclic) bond motifs is 1. The van der Waals surface area contributed by atoms with Crippen molar-refractivity contribution in [2.45, 2.75) is 42.4 Å². The molecule has 2 aromatic carbocycles. The molecule has 0 amide bonds. The molecule has 0 bridgehead atoms. The third kappa shape index (κ3) is 3.33. The van der Waals surface area contributed by atoms with Crippen LogP contribution in [0.15, 0.2) is 52.3 Å².